The number of benzene rings is 2. The van der Waals surface area contributed by atoms with Crippen LogP contribution in [0.15, 0.2) is 58.8 Å². The van der Waals surface area contributed by atoms with Crippen molar-refractivity contribution in [2.24, 2.45) is 5.41 Å². The highest BCUT2D eigenvalue weighted by molar-refractivity contribution is 7.91. The smallest absolute Gasteiger partial charge is 0.253 e. The van der Waals surface area contributed by atoms with E-state index >= 15 is 0 Å². The number of piperidine rings is 2. The van der Waals surface area contributed by atoms with Crippen LogP contribution in [-0.2, 0) is 16.4 Å². The van der Waals surface area contributed by atoms with Gasteiger partial charge in [-0.2, -0.15) is 4.31 Å². The molecule has 3 heterocycles. The van der Waals surface area contributed by atoms with Crippen LogP contribution in [0.1, 0.15) is 70.0 Å². The Hall–Kier alpha value is -2.43. The van der Waals surface area contributed by atoms with Gasteiger partial charge in [-0.1, -0.05) is 41.4 Å². The van der Waals surface area contributed by atoms with Crippen LogP contribution in [0.3, 0.4) is 0 Å². The van der Waals surface area contributed by atoms with Crippen molar-refractivity contribution in [1.29, 1.82) is 0 Å². The van der Waals surface area contributed by atoms with Gasteiger partial charge in [0.05, 0.1) is 21.0 Å². The monoisotopic (exact) mass is 631 g/mol. The maximum atomic E-state index is 13.5. The number of sulfonamides is 1. The summed E-state index contributed by atoms with van der Waals surface area (Å²) in [5, 5.41) is 3.51. The molecule has 0 saturated carbocycles. The topological polar surface area (TPSA) is 86.8 Å². The first kappa shape index (κ1) is 28.7. The summed E-state index contributed by atoms with van der Waals surface area (Å²) < 4.78 is 28.4. The minimum atomic E-state index is -3.52. The zero-order valence-electron chi connectivity index (χ0n) is 22.4. The van der Waals surface area contributed by atoms with E-state index in [1.807, 2.05) is 23.1 Å². The van der Waals surface area contributed by atoms with Gasteiger partial charge in [-0.3, -0.25) is 9.59 Å². The Morgan fingerprint density at radius 1 is 0.927 bits per heavy atom. The molecule has 2 fully saturated rings. The first-order valence-electron chi connectivity index (χ1n) is 13.9. The van der Waals surface area contributed by atoms with Crippen LogP contribution in [0, 0.1) is 5.41 Å². The minimum Gasteiger partial charge on any atom is -0.345 e. The lowest BCUT2D eigenvalue weighted by molar-refractivity contribution is 0.0424. The minimum absolute atomic E-state index is 0.000295. The van der Waals surface area contributed by atoms with Gasteiger partial charge in [-0.15, -0.1) is 11.3 Å². The highest BCUT2D eigenvalue weighted by Gasteiger charge is 2.41. The first-order chi connectivity index (χ1) is 19.6. The largest absolute Gasteiger partial charge is 0.345 e. The van der Waals surface area contributed by atoms with Gasteiger partial charge in [-0.25, -0.2) is 8.42 Å². The molecule has 3 aromatic rings. The second-order valence-electron chi connectivity index (χ2n) is 11.2. The molecule has 1 spiro atoms. The Kier molecular flexibility index (Phi) is 7.93. The van der Waals surface area contributed by atoms with Gasteiger partial charge < -0.3 is 10.2 Å². The summed E-state index contributed by atoms with van der Waals surface area (Å²) >= 11 is 13.3. The molecule has 6 rings (SSSR count). The third-order valence-corrected chi connectivity index (χ3v) is 12.9. The molecule has 0 radical (unpaired) electrons. The fraction of sp³-hybridized carbons (Fsp3) is 0.400. The molecule has 1 unspecified atom stereocenters. The van der Waals surface area contributed by atoms with Crippen LogP contribution in [0.5, 0.6) is 0 Å². The number of carbonyl (C=O) groups is 2. The van der Waals surface area contributed by atoms with Crippen molar-refractivity contribution < 1.29 is 18.0 Å². The number of likely N-dealkylation sites (tertiary alicyclic amines) is 1. The van der Waals surface area contributed by atoms with E-state index in [9.17, 15) is 18.0 Å². The molecule has 1 aromatic heterocycles. The third-order valence-electron chi connectivity index (χ3n) is 8.93. The summed E-state index contributed by atoms with van der Waals surface area (Å²) in [5.74, 6) is -0.218. The maximum Gasteiger partial charge on any atom is 0.253 e. The first-order valence-corrected chi connectivity index (χ1v) is 16.9. The lowest BCUT2D eigenvalue weighted by Gasteiger charge is -2.46. The molecule has 2 aliphatic heterocycles. The summed E-state index contributed by atoms with van der Waals surface area (Å²) in [6.45, 7) is 2.27. The number of hydrogen-bond donors (Lipinski definition) is 1. The van der Waals surface area contributed by atoms with Crippen molar-refractivity contribution in [2.75, 3.05) is 26.2 Å². The van der Waals surface area contributed by atoms with Crippen LogP contribution < -0.4 is 5.32 Å². The molecule has 41 heavy (non-hydrogen) atoms. The molecular formula is C30H31Cl2N3O4S2. The summed E-state index contributed by atoms with van der Waals surface area (Å²) in [5.41, 5.74) is 3.27. The maximum absolute atomic E-state index is 13.5. The number of thiophene rings is 1. The van der Waals surface area contributed by atoms with Gasteiger partial charge in [0, 0.05) is 31.7 Å². The molecule has 2 saturated heterocycles. The lowest BCUT2D eigenvalue weighted by atomic mass is 9.71. The second kappa shape index (κ2) is 11.3. The molecule has 216 valence electrons. The van der Waals surface area contributed by atoms with E-state index in [0.29, 0.717) is 50.9 Å². The molecule has 7 nitrogen and oxygen atoms in total. The SMILES string of the molecule is O=C(NC1CCc2ccc(C(=O)N3CCC4(CC3)CCN(S(=O)(=O)c3ccc(Cl)s3)CC4)cc21)c1ccccc1Cl. The van der Waals surface area contributed by atoms with Crippen molar-refractivity contribution in [2.45, 2.75) is 48.8 Å². The van der Waals surface area contributed by atoms with Crippen molar-refractivity contribution >= 4 is 56.4 Å². The third kappa shape index (κ3) is 5.67. The van der Waals surface area contributed by atoms with Gasteiger partial charge in [0.2, 0.25) is 0 Å². The van der Waals surface area contributed by atoms with E-state index in [0.717, 1.165) is 61.0 Å². The van der Waals surface area contributed by atoms with Crippen LogP contribution >= 0.6 is 34.5 Å². The highest BCUT2D eigenvalue weighted by atomic mass is 35.5. The van der Waals surface area contributed by atoms with Gasteiger partial charge >= 0.3 is 0 Å². The Labute approximate surface area is 254 Å². The summed E-state index contributed by atoms with van der Waals surface area (Å²) in [7, 11) is -3.52. The number of nitrogens with one attached hydrogen (secondary N) is 1. The predicted octanol–water partition coefficient (Wildman–Crippen LogP) is 6.18. The van der Waals surface area contributed by atoms with Crippen LogP contribution in [0.25, 0.3) is 0 Å². The van der Waals surface area contributed by atoms with E-state index in [1.165, 1.54) is 0 Å². The van der Waals surface area contributed by atoms with E-state index in [-0.39, 0.29) is 23.3 Å². The van der Waals surface area contributed by atoms with E-state index in [2.05, 4.69) is 5.32 Å². The fourth-order valence-corrected chi connectivity index (χ4v) is 9.70. The van der Waals surface area contributed by atoms with Gasteiger partial charge in [-0.05, 0) is 91.5 Å². The van der Waals surface area contributed by atoms with E-state index < -0.39 is 10.0 Å². The van der Waals surface area contributed by atoms with Gasteiger partial charge in [0.1, 0.15) is 4.21 Å². The van der Waals surface area contributed by atoms with E-state index in [1.54, 1.807) is 40.7 Å². The predicted molar refractivity (Wildman–Crippen MR) is 161 cm³/mol. The lowest BCUT2D eigenvalue weighted by Crippen LogP contribution is -2.49. The molecule has 2 amide bonds. The number of rotatable bonds is 5. The van der Waals surface area contributed by atoms with Crippen molar-refractivity contribution in [3.63, 3.8) is 0 Å². The molecule has 3 aliphatic rings. The molecule has 2 aromatic carbocycles. The van der Waals surface area contributed by atoms with Gasteiger partial charge in [0.15, 0.2) is 0 Å². The number of amides is 2. The number of aryl methyl sites for hydroxylation is 1. The standard InChI is InChI=1S/C30H31Cl2N3O4S2/c31-24-4-2-1-3-22(24)28(36)33-25-8-7-20-5-6-21(19-23(20)25)29(37)34-15-11-30(12-16-34)13-17-35(18-14-30)41(38,39)27-10-9-26(32)40-27/h1-6,9-10,19,25H,7-8,11-18H2,(H,33,36). The van der Waals surface area contributed by atoms with Gasteiger partial charge in [0.25, 0.3) is 21.8 Å². The zero-order chi connectivity index (χ0) is 28.8. The zero-order valence-corrected chi connectivity index (χ0v) is 25.6. The summed E-state index contributed by atoms with van der Waals surface area (Å²) in [6.07, 6.45) is 4.92. The molecular weight excluding hydrogens is 601 g/mol. The van der Waals surface area contributed by atoms with Crippen LogP contribution in [0.2, 0.25) is 9.36 Å². The summed E-state index contributed by atoms with van der Waals surface area (Å²) in [4.78, 5) is 28.3. The van der Waals surface area contributed by atoms with Crippen LogP contribution in [0.4, 0.5) is 0 Å². The fourth-order valence-electron chi connectivity index (χ4n) is 6.40. The number of nitrogens with zero attached hydrogens (tertiary/aromatic N) is 2. The molecule has 1 aliphatic carbocycles. The quantitative estimate of drug-likeness (QED) is 0.364. The average Bonchev–Trinajstić information content (AvgIpc) is 3.60. The van der Waals surface area contributed by atoms with Crippen LogP contribution in [-0.4, -0.2) is 55.6 Å². The Morgan fingerprint density at radius 2 is 1.63 bits per heavy atom. The Morgan fingerprint density at radius 3 is 2.32 bits per heavy atom. The summed E-state index contributed by atoms with van der Waals surface area (Å²) in [6, 6.07) is 15.8. The van der Waals surface area contributed by atoms with E-state index in [4.69, 9.17) is 23.2 Å². The molecule has 11 heteroatoms. The number of carbonyl (C=O) groups excluding carboxylic acids is 2. The highest BCUT2D eigenvalue weighted by Crippen LogP contribution is 2.43. The molecule has 1 atom stereocenters. The normalized spacial score (nSPS) is 20.6. The number of fused-ring (bicyclic) bond motifs is 1. The number of halogens is 2. The number of hydrogen-bond acceptors (Lipinski definition) is 5. The average molecular weight is 633 g/mol. The van der Waals surface area contributed by atoms with Crippen molar-refractivity contribution in [3.8, 4) is 0 Å². The van der Waals surface area contributed by atoms with Crippen molar-refractivity contribution in [3.05, 3.63) is 86.2 Å². The Bertz CT molecular complexity index is 1590. The molecule has 0 bridgehead atoms. The van der Waals surface area contributed by atoms with Crippen molar-refractivity contribution in [1.82, 2.24) is 14.5 Å². The molecule has 1 N–H and O–H groups in total. The second-order valence-corrected chi connectivity index (χ2v) is 15.5. The Balaban J connectivity index is 1.07.